The standard InChI is InChI=1S/C31H21BrN4O6/c1-40-27-15-21(24(32)16-28(27)41-18-19-7-6-9-22(13-19)36(38)39)17-33-35-30(29-14-20-8-2-5-12-26(20)42-29)34-25-11-4-3-10-23(25)31(35)37/h2-17H,18H2,1H3. The minimum Gasteiger partial charge on any atom is -0.493 e. The van der Waals surface area contributed by atoms with Crippen molar-refractivity contribution in [1.29, 1.82) is 0 Å². The maximum absolute atomic E-state index is 13.6. The number of nitro benzene ring substituents is 1. The molecular weight excluding hydrogens is 604 g/mol. The molecule has 6 rings (SSSR count). The first kappa shape index (κ1) is 26.9. The second-order valence-electron chi connectivity index (χ2n) is 9.20. The van der Waals surface area contributed by atoms with E-state index < -0.39 is 4.92 Å². The minimum atomic E-state index is -0.454. The molecule has 0 aliphatic rings. The minimum absolute atomic E-state index is 0.0174. The third-order valence-corrected chi connectivity index (χ3v) is 7.20. The van der Waals surface area contributed by atoms with Gasteiger partial charge in [0.15, 0.2) is 17.3 Å². The molecule has 42 heavy (non-hydrogen) atoms. The molecule has 0 saturated carbocycles. The Bertz CT molecular complexity index is 2030. The van der Waals surface area contributed by atoms with Crippen molar-refractivity contribution in [2.75, 3.05) is 7.11 Å². The van der Waals surface area contributed by atoms with Gasteiger partial charge in [-0.05, 0) is 57.9 Å². The third kappa shape index (κ3) is 5.25. The van der Waals surface area contributed by atoms with Crippen molar-refractivity contribution in [2.45, 2.75) is 6.61 Å². The molecule has 0 aliphatic heterocycles. The van der Waals surface area contributed by atoms with E-state index in [0.29, 0.717) is 49.3 Å². The van der Waals surface area contributed by atoms with Gasteiger partial charge in [-0.3, -0.25) is 14.9 Å². The molecule has 0 atom stereocenters. The lowest BCUT2D eigenvalue weighted by atomic mass is 10.2. The molecule has 0 spiro atoms. The van der Waals surface area contributed by atoms with Gasteiger partial charge in [0.05, 0.1) is 29.2 Å². The van der Waals surface area contributed by atoms with Gasteiger partial charge in [-0.1, -0.05) is 42.5 Å². The van der Waals surface area contributed by atoms with E-state index in [4.69, 9.17) is 18.9 Å². The summed E-state index contributed by atoms with van der Waals surface area (Å²) in [6, 6.07) is 26.1. The van der Waals surface area contributed by atoms with Crippen LogP contribution in [0.1, 0.15) is 11.1 Å². The molecule has 2 heterocycles. The first-order valence-electron chi connectivity index (χ1n) is 12.7. The van der Waals surface area contributed by atoms with Crippen LogP contribution in [0.4, 0.5) is 5.69 Å². The zero-order chi connectivity index (χ0) is 29.2. The molecule has 0 fully saturated rings. The van der Waals surface area contributed by atoms with Crippen LogP contribution in [0.25, 0.3) is 33.5 Å². The second kappa shape index (κ2) is 11.3. The molecule has 208 valence electrons. The van der Waals surface area contributed by atoms with Gasteiger partial charge in [-0.25, -0.2) is 4.98 Å². The predicted octanol–water partition coefficient (Wildman–Crippen LogP) is 6.95. The Morgan fingerprint density at radius 3 is 2.64 bits per heavy atom. The molecule has 0 radical (unpaired) electrons. The zero-order valence-corrected chi connectivity index (χ0v) is 23.6. The van der Waals surface area contributed by atoms with Gasteiger partial charge < -0.3 is 13.9 Å². The molecule has 11 heteroatoms. The molecule has 0 N–H and O–H groups in total. The lowest BCUT2D eigenvalue weighted by molar-refractivity contribution is -0.384. The van der Waals surface area contributed by atoms with Crippen LogP contribution in [0, 0.1) is 10.1 Å². The summed E-state index contributed by atoms with van der Waals surface area (Å²) in [4.78, 5) is 28.9. The Hall–Kier alpha value is -5.29. The highest BCUT2D eigenvalue weighted by molar-refractivity contribution is 9.10. The van der Waals surface area contributed by atoms with Crippen molar-refractivity contribution in [3.8, 4) is 23.1 Å². The molecule has 6 aromatic rings. The quantitative estimate of drug-likeness (QED) is 0.102. The van der Waals surface area contributed by atoms with Crippen molar-refractivity contribution in [3.05, 3.63) is 127 Å². The SMILES string of the molecule is COc1cc(C=Nn2c(-c3cc4ccccc4o3)nc3ccccc3c2=O)c(Br)cc1OCc1cccc([N+](=O)[O-])c1. The van der Waals surface area contributed by atoms with Gasteiger partial charge in [-0.2, -0.15) is 9.78 Å². The molecule has 0 aliphatic carbocycles. The summed E-state index contributed by atoms with van der Waals surface area (Å²) in [5, 5.41) is 16.9. The molecule has 10 nitrogen and oxygen atoms in total. The topological polar surface area (TPSA) is 122 Å². The summed E-state index contributed by atoms with van der Waals surface area (Å²) >= 11 is 3.55. The summed E-state index contributed by atoms with van der Waals surface area (Å²) in [5.74, 6) is 1.48. The van der Waals surface area contributed by atoms with Crippen molar-refractivity contribution in [2.24, 2.45) is 5.10 Å². The summed E-state index contributed by atoms with van der Waals surface area (Å²) in [6.07, 6.45) is 1.51. The average molecular weight is 625 g/mol. The highest BCUT2D eigenvalue weighted by Crippen LogP contribution is 2.34. The molecular formula is C31H21BrN4O6. The average Bonchev–Trinajstić information content (AvgIpc) is 3.44. The van der Waals surface area contributed by atoms with Crippen LogP contribution in [0.3, 0.4) is 0 Å². The van der Waals surface area contributed by atoms with E-state index in [1.54, 1.807) is 42.5 Å². The van der Waals surface area contributed by atoms with Crippen LogP contribution in [0.5, 0.6) is 11.5 Å². The van der Waals surface area contributed by atoms with E-state index in [2.05, 4.69) is 21.0 Å². The van der Waals surface area contributed by atoms with Gasteiger partial charge in [-0.15, -0.1) is 0 Å². The number of rotatable bonds is 8. The number of non-ortho nitro benzene ring substituents is 1. The van der Waals surface area contributed by atoms with Crippen molar-refractivity contribution in [3.63, 3.8) is 0 Å². The normalized spacial score (nSPS) is 11.4. The highest BCUT2D eigenvalue weighted by atomic mass is 79.9. The van der Waals surface area contributed by atoms with Crippen molar-refractivity contribution in [1.82, 2.24) is 9.66 Å². The summed E-state index contributed by atoms with van der Waals surface area (Å²) in [6.45, 7) is 0.0942. The lowest BCUT2D eigenvalue weighted by Crippen LogP contribution is -2.20. The number of furan rings is 1. The van der Waals surface area contributed by atoms with Crippen molar-refractivity contribution < 1.29 is 18.8 Å². The van der Waals surface area contributed by atoms with Gasteiger partial charge >= 0.3 is 0 Å². The van der Waals surface area contributed by atoms with E-state index in [1.165, 1.54) is 30.1 Å². The second-order valence-corrected chi connectivity index (χ2v) is 10.1. The number of aromatic nitrogens is 2. The number of para-hydroxylation sites is 2. The van der Waals surface area contributed by atoms with Crippen LogP contribution in [0.15, 0.2) is 110 Å². The Morgan fingerprint density at radius 2 is 1.83 bits per heavy atom. The zero-order valence-electron chi connectivity index (χ0n) is 22.1. The van der Waals surface area contributed by atoms with E-state index >= 15 is 0 Å². The first-order chi connectivity index (χ1) is 20.4. The number of benzene rings is 4. The molecule has 0 amide bonds. The van der Waals surface area contributed by atoms with Crippen LogP contribution in [0.2, 0.25) is 0 Å². The van der Waals surface area contributed by atoms with Crippen LogP contribution >= 0.6 is 15.9 Å². The summed E-state index contributed by atoms with van der Waals surface area (Å²) in [5.41, 5.74) is 2.05. The van der Waals surface area contributed by atoms with Gasteiger partial charge in [0.2, 0.25) is 5.82 Å². The number of ether oxygens (including phenoxy) is 2. The van der Waals surface area contributed by atoms with Crippen LogP contribution in [-0.2, 0) is 6.61 Å². The van der Waals surface area contributed by atoms with E-state index in [1.807, 2.05) is 36.4 Å². The Labute approximate surface area is 246 Å². The smallest absolute Gasteiger partial charge is 0.282 e. The number of nitrogens with zero attached hydrogens (tertiary/aromatic N) is 4. The number of nitro groups is 1. The number of hydrogen-bond donors (Lipinski definition) is 0. The fourth-order valence-corrected chi connectivity index (χ4v) is 4.87. The highest BCUT2D eigenvalue weighted by Gasteiger charge is 2.17. The summed E-state index contributed by atoms with van der Waals surface area (Å²) in [7, 11) is 1.50. The lowest BCUT2D eigenvalue weighted by Gasteiger charge is -2.13. The number of fused-ring (bicyclic) bond motifs is 2. The Balaban J connectivity index is 1.37. The first-order valence-corrected chi connectivity index (χ1v) is 13.5. The molecule has 4 aromatic carbocycles. The number of halogens is 1. The van der Waals surface area contributed by atoms with E-state index in [9.17, 15) is 14.9 Å². The third-order valence-electron chi connectivity index (χ3n) is 6.51. The number of methoxy groups -OCH3 is 1. The van der Waals surface area contributed by atoms with Gasteiger partial charge in [0.25, 0.3) is 11.2 Å². The van der Waals surface area contributed by atoms with Crippen LogP contribution < -0.4 is 15.0 Å². The fraction of sp³-hybridized carbons (Fsp3) is 0.0645. The predicted molar refractivity (Wildman–Crippen MR) is 162 cm³/mol. The summed E-state index contributed by atoms with van der Waals surface area (Å²) < 4.78 is 19.3. The molecule has 0 unspecified atom stereocenters. The van der Waals surface area contributed by atoms with Crippen LogP contribution in [-0.4, -0.2) is 27.9 Å². The molecule has 0 bridgehead atoms. The van der Waals surface area contributed by atoms with E-state index in [-0.39, 0.29) is 23.7 Å². The largest absolute Gasteiger partial charge is 0.493 e. The Morgan fingerprint density at radius 1 is 1.02 bits per heavy atom. The maximum atomic E-state index is 13.6. The Kier molecular flexibility index (Phi) is 7.24. The maximum Gasteiger partial charge on any atom is 0.282 e. The van der Waals surface area contributed by atoms with Gasteiger partial charge in [0, 0.05) is 27.6 Å². The molecule has 2 aromatic heterocycles. The van der Waals surface area contributed by atoms with Crippen molar-refractivity contribution >= 4 is 49.7 Å². The van der Waals surface area contributed by atoms with E-state index in [0.717, 1.165) is 5.39 Å². The monoisotopic (exact) mass is 624 g/mol. The molecule has 0 saturated heterocycles. The van der Waals surface area contributed by atoms with Gasteiger partial charge in [0.1, 0.15) is 12.2 Å². The fourth-order valence-electron chi connectivity index (χ4n) is 4.45. The number of hydrogen-bond acceptors (Lipinski definition) is 8.